The Hall–Kier alpha value is -2.14. The van der Waals surface area contributed by atoms with Crippen LogP contribution in [-0.2, 0) is 10.2 Å². The van der Waals surface area contributed by atoms with Crippen LogP contribution in [0.2, 0.25) is 0 Å². The number of nitrogens with one attached hydrogen (secondary N) is 1. The fraction of sp³-hybridized carbons (Fsp3) is 0.474. The number of benzene rings is 1. The zero-order chi connectivity index (χ0) is 17.0. The van der Waals surface area contributed by atoms with E-state index in [1.165, 1.54) is 11.1 Å². The minimum atomic E-state index is 0.0239. The summed E-state index contributed by atoms with van der Waals surface area (Å²) < 4.78 is 5.40. The van der Waals surface area contributed by atoms with E-state index in [9.17, 15) is 0 Å². The van der Waals surface area contributed by atoms with Crippen LogP contribution < -0.4 is 10.2 Å². The van der Waals surface area contributed by atoms with E-state index < -0.39 is 0 Å². The molecule has 0 atom stereocenters. The first kappa shape index (κ1) is 16.7. The van der Waals surface area contributed by atoms with Gasteiger partial charge in [-0.25, -0.2) is 9.97 Å². The van der Waals surface area contributed by atoms with E-state index in [1.807, 2.05) is 6.07 Å². The van der Waals surface area contributed by atoms with Gasteiger partial charge in [-0.1, -0.05) is 43.7 Å². The number of nitrogens with zero attached hydrogens (tertiary/aromatic N) is 3. The van der Waals surface area contributed by atoms with Crippen molar-refractivity contribution in [3.63, 3.8) is 0 Å². The molecule has 0 aliphatic carbocycles. The number of hydrogen-bond donors (Lipinski definition) is 1. The van der Waals surface area contributed by atoms with Gasteiger partial charge >= 0.3 is 0 Å². The lowest BCUT2D eigenvalue weighted by Gasteiger charge is -2.28. The Balaban J connectivity index is 1.67. The van der Waals surface area contributed by atoms with E-state index in [1.54, 1.807) is 6.33 Å². The molecule has 1 aromatic heterocycles. The number of rotatable bonds is 5. The standard InChI is InChI=1S/C19H26N4O/c1-15-5-4-6-16(11-15)19(2,3)13-20-17-12-18(22-14-21-17)23-7-9-24-10-8-23/h4-6,11-12,14H,7-10,13H2,1-3H3,(H,20,21,22). The predicted octanol–water partition coefficient (Wildman–Crippen LogP) is 3.01. The Bertz CT molecular complexity index is 681. The minimum Gasteiger partial charge on any atom is -0.378 e. The molecule has 5 heteroatoms. The average molecular weight is 326 g/mol. The summed E-state index contributed by atoms with van der Waals surface area (Å²) in [6.07, 6.45) is 1.63. The number of morpholine rings is 1. The fourth-order valence-corrected chi connectivity index (χ4v) is 2.89. The topological polar surface area (TPSA) is 50.3 Å². The Labute approximate surface area is 144 Å². The van der Waals surface area contributed by atoms with Gasteiger partial charge in [0.2, 0.25) is 0 Å². The van der Waals surface area contributed by atoms with Crippen LogP contribution in [0.1, 0.15) is 25.0 Å². The first-order chi connectivity index (χ1) is 11.5. The van der Waals surface area contributed by atoms with E-state index in [0.29, 0.717) is 0 Å². The highest BCUT2D eigenvalue weighted by atomic mass is 16.5. The zero-order valence-electron chi connectivity index (χ0n) is 14.7. The molecule has 1 N–H and O–H groups in total. The molecule has 128 valence electrons. The summed E-state index contributed by atoms with van der Waals surface area (Å²) in [5.74, 6) is 1.83. The van der Waals surface area contributed by atoms with Crippen LogP contribution in [0.3, 0.4) is 0 Å². The van der Waals surface area contributed by atoms with E-state index in [-0.39, 0.29) is 5.41 Å². The molecule has 1 saturated heterocycles. The molecule has 1 aliphatic rings. The zero-order valence-corrected chi connectivity index (χ0v) is 14.7. The van der Waals surface area contributed by atoms with Crippen molar-refractivity contribution in [1.29, 1.82) is 0 Å². The summed E-state index contributed by atoms with van der Waals surface area (Å²) in [4.78, 5) is 11.0. The molecule has 0 radical (unpaired) electrons. The second kappa shape index (κ2) is 7.18. The van der Waals surface area contributed by atoms with Crippen LogP contribution in [0.25, 0.3) is 0 Å². The molecular formula is C19H26N4O. The van der Waals surface area contributed by atoms with Crippen molar-refractivity contribution in [2.45, 2.75) is 26.2 Å². The van der Waals surface area contributed by atoms with Gasteiger partial charge in [-0.15, -0.1) is 0 Å². The van der Waals surface area contributed by atoms with E-state index in [2.05, 4.69) is 65.2 Å². The van der Waals surface area contributed by atoms with Crippen molar-refractivity contribution in [3.8, 4) is 0 Å². The molecule has 1 fully saturated rings. The molecule has 2 heterocycles. The first-order valence-electron chi connectivity index (χ1n) is 8.50. The smallest absolute Gasteiger partial charge is 0.134 e. The van der Waals surface area contributed by atoms with E-state index >= 15 is 0 Å². The molecule has 0 bridgehead atoms. The van der Waals surface area contributed by atoms with Crippen molar-refractivity contribution in [1.82, 2.24) is 9.97 Å². The van der Waals surface area contributed by atoms with Crippen molar-refractivity contribution in [2.75, 3.05) is 43.1 Å². The number of anilines is 2. The molecule has 1 aromatic carbocycles. The lowest BCUT2D eigenvalue weighted by molar-refractivity contribution is 0.122. The molecule has 24 heavy (non-hydrogen) atoms. The Kier molecular flexibility index (Phi) is 5.00. The van der Waals surface area contributed by atoms with Gasteiger partial charge in [0.1, 0.15) is 18.0 Å². The maximum absolute atomic E-state index is 5.40. The van der Waals surface area contributed by atoms with E-state index in [4.69, 9.17) is 4.74 Å². The van der Waals surface area contributed by atoms with Crippen LogP contribution in [0, 0.1) is 6.92 Å². The molecule has 5 nitrogen and oxygen atoms in total. The first-order valence-corrected chi connectivity index (χ1v) is 8.50. The second-order valence-corrected chi connectivity index (χ2v) is 6.97. The number of aromatic nitrogens is 2. The van der Waals surface area contributed by atoms with Gasteiger partial charge in [0.05, 0.1) is 13.2 Å². The maximum Gasteiger partial charge on any atom is 0.134 e. The van der Waals surface area contributed by atoms with Crippen LogP contribution in [0.5, 0.6) is 0 Å². The molecule has 0 amide bonds. The highest BCUT2D eigenvalue weighted by Crippen LogP contribution is 2.25. The third-order valence-electron chi connectivity index (χ3n) is 4.50. The summed E-state index contributed by atoms with van der Waals surface area (Å²) in [6.45, 7) is 10.7. The highest BCUT2D eigenvalue weighted by molar-refractivity contribution is 5.49. The third kappa shape index (κ3) is 4.03. The van der Waals surface area contributed by atoms with Crippen molar-refractivity contribution < 1.29 is 4.74 Å². The summed E-state index contributed by atoms with van der Waals surface area (Å²) in [6, 6.07) is 10.7. The molecule has 0 saturated carbocycles. The Morgan fingerprint density at radius 1 is 1.17 bits per heavy atom. The largest absolute Gasteiger partial charge is 0.378 e. The predicted molar refractivity (Wildman–Crippen MR) is 97.8 cm³/mol. The minimum absolute atomic E-state index is 0.0239. The molecule has 3 rings (SSSR count). The molecule has 2 aromatic rings. The number of aryl methyl sites for hydroxylation is 1. The quantitative estimate of drug-likeness (QED) is 0.915. The average Bonchev–Trinajstić information content (AvgIpc) is 2.61. The van der Waals surface area contributed by atoms with Gasteiger partial charge in [0, 0.05) is 31.1 Å². The molecule has 0 spiro atoms. The lowest BCUT2D eigenvalue weighted by Crippen LogP contribution is -2.36. The van der Waals surface area contributed by atoms with Gasteiger partial charge in [0.25, 0.3) is 0 Å². The maximum atomic E-state index is 5.40. The SMILES string of the molecule is Cc1cccc(C(C)(C)CNc2cc(N3CCOCC3)ncn2)c1. The van der Waals surface area contributed by atoms with Crippen molar-refractivity contribution in [3.05, 3.63) is 47.8 Å². The van der Waals surface area contributed by atoms with Crippen molar-refractivity contribution in [2.24, 2.45) is 0 Å². The van der Waals surface area contributed by atoms with Crippen molar-refractivity contribution >= 4 is 11.6 Å². The van der Waals surface area contributed by atoms with Gasteiger partial charge in [-0.05, 0) is 12.5 Å². The van der Waals surface area contributed by atoms with Gasteiger partial charge in [0.15, 0.2) is 0 Å². The Morgan fingerprint density at radius 3 is 2.71 bits per heavy atom. The van der Waals surface area contributed by atoms with Crippen LogP contribution in [0.15, 0.2) is 36.7 Å². The molecule has 1 aliphatic heterocycles. The monoisotopic (exact) mass is 326 g/mol. The normalized spacial score (nSPS) is 15.4. The molecule has 0 unspecified atom stereocenters. The fourth-order valence-electron chi connectivity index (χ4n) is 2.89. The summed E-state index contributed by atoms with van der Waals surface area (Å²) in [5, 5.41) is 3.47. The van der Waals surface area contributed by atoms with Crippen LogP contribution in [0.4, 0.5) is 11.6 Å². The summed E-state index contributed by atoms with van der Waals surface area (Å²) in [5.41, 5.74) is 2.64. The van der Waals surface area contributed by atoms with Gasteiger partial charge < -0.3 is 15.0 Å². The third-order valence-corrected chi connectivity index (χ3v) is 4.50. The number of hydrogen-bond acceptors (Lipinski definition) is 5. The van der Waals surface area contributed by atoms with Crippen LogP contribution >= 0.6 is 0 Å². The summed E-state index contributed by atoms with van der Waals surface area (Å²) in [7, 11) is 0. The Morgan fingerprint density at radius 2 is 1.96 bits per heavy atom. The number of ether oxygens (including phenoxy) is 1. The van der Waals surface area contributed by atoms with E-state index in [0.717, 1.165) is 44.5 Å². The summed E-state index contributed by atoms with van der Waals surface area (Å²) >= 11 is 0. The highest BCUT2D eigenvalue weighted by Gasteiger charge is 2.21. The molecular weight excluding hydrogens is 300 g/mol. The van der Waals surface area contributed by atoms with Gasteiger partial charge in [-0.2, -0.15) is 0 Å². The lowest BCUT2D eigenvalue weighted by atomic mass is 9.84. The van der Waals surface area contributed by atoms with Crippen LogP contribution in [-0.4, -0.2) is 42.8 Å². The second-order valence-electron chi connectivity index (χ2n) is 6.97. The van der Waals surface area contributed by atoms with Gasteiger partial charge in [-0.3, -0.25) is 0 Å².